The smallest absolute Gasteiger partial charge is 0.0543 e. The van der Waals surface area contributed by atoms with E-state index in [1.165, 1.54) is 12.8 Å². The fraction of sp³-hybridized carbons (Fsp3) is 0.800. The van der Waals surface area contributed by atoms with Gasteiger partial charge in [0, 0.05) is 0 Å². The van der Waals surface area contributed by atoms with Gasteiger partial charge in [-0.15, -0.1) is 6.58 Å². The normalized spacial score (nSPS) is 15.9. The number of unbranched alkanes of at least 4 members (excludes halogenated alkanes) is 1. The van der Waals surface area contributed by atoms with E-state index in [2.05, 4.69) is 13.5 Å². The molecule has 0 aromatic carbocycles. The van der Waals surface area contributed by atoms with E-state index in [9.17, 15) is 5.11 Å². The highest BCUT2D eigenvalue weighted by Crippen LogP contribution is 2.16. The lowest BCUT2D eigenvalue weighted by Gasteiger charge is -2.17. The van der Waals surface area contributed by atoms with E-state index < -0.39 is 0 Å². The third-order valence-electron chi connectivity index (χ3n) is 2.08. The second-order valence-corrected chi connectivity index (χ2v) is 3.17. The molecule has 0 rings (SSSR count). The van der Waals surface area contributed by atoms with E-state index in [1.807, 2.05) is 13.0 Å². The average Bonchev–Trinajstić information content (AvgIpc) is 1.97. The molecule has 0 bridgehead atoms. The van der Waals surface area contributed by atoms with Crippen LogP contribution in [0.25, 0.3) is 0 Å². The van der Waals surface area contributed by atoms with E-state index in [0.29, 0.717) is 5.92 Å². The van der Waals surface area contributed by atoms with Gasteiger partial charge in [0.15, 0.2) is 0 Å². The second kappa shape index (κ2) is 6.41. The quantitative estimate of drug-likeness (QED) is 0.586. The maximum atomic E-state index is 9.32. The predicted octanol–water partition coefficient (Wildman–Crippen LogP) is 2.75. The number of allylic oxidation sites excluding steroid dienone is 1. The average molecular weight is 156 g/mol. The van der Waals surface area contributed by atoms with E-state index in [0.717, 1.165) is 12.8 Å². The summed E-state index contributed by atoms with van der Waals surface area (Å²) in [5.74, 6) is 0.424. The minimum Gasteiger partial charge on any atom is -0.393 e. The minimum absolute atomic E-state index is 0.181. The Balaban J connectivity index is 3.59. The van der Waals surface area contributed by atoms with Crippen molar-refractivity contribution in [1.82, 2.24) is 0 Å². The van der Waals surface area contributed by atoms with Crippen LogP contribution in [0, 0.1) is 5.92 Å². The number of aliphatic hydroxyl groups is 1. The molecular weight excluding hydrogens is 136 g/mol. The largest absolute Gasteiger partial charge is 0.393 e. The van der Waals surface area contributed by atoms with Gasteiger partial charge in [-0.1, -0.05) is 25.8 Å². The van der Waals surface area contributed by atoms with Crippen LogP contribution >= 0.6 is 0 Å². The molecule has 1 heteroatoms. The number of hydrogen-bond donors (Lipinski definition) is 1. The number of aliphatic hydroxyl groups excluding tert-OH is 1. The molecule has 0 aromatic rings. The lowest BCUT2D eigenvalue weighted by Crippen LogP contribution is -2.15. The number of hydrogen-bond acceptors (Lipinski definition) is 1. The van der Waals surface area contributed by atoms with Gasteiger partial charge in [-0.05, 0) is 25.7 Å². The van der Waals surface area contributed by atoms with Crippen molar-refractivity contribution in [3.63, 3.8) is 0 Å². The Bertz CT molecular complexity index is 97.0. The van der Waals surface area contributed by atoms with Crippen LogP contribution in [-0.4, -0.2) is 11.2 Å². The Morgan fingerprint density at radius 2 is 2.18 bits per heavy atom. The Morgan fingerprint density at radius 1 is 1.55 bits per heavy atom. The molecular formula is C10H20O. The van der Waals surface area contributed by atoms with Crippen LogP contribution in [-0.2, 0) is 0 Å². The molecule has 2 atom stereocenters. The van der Waals surface area contributed by atoms with Gasteiger partial charge >= 0.3 is 0 Å². The maximum absolute atomic E-state index is 9.32. The van der Waals surface area contributed by atoms with Crippen molar-refractivity contribution in [2.45, 2.75) is 45.6 Å². The zero-order chi connectivity index (χ0) is 8.69. The lowest BCUT2D eigenvalue weighted by atomic mass is 9.94. The molecule has 0 heterocycles. The van der Waals surface area contributed by atoms with Gasteiger partial charge in [-0.2, -0.15) is 0 Å². The van der Waals surface area contributed by atoms with Gasteiger partial charge in [0.05, 0.1) is 6.10 Å². The Labute approximate surface area is 70.1 Å². The highest BCUT2D eigenvalue weighted by molar-refractivity contribution is 4.76. The van der Waals surface area contributed by atoms with Crippen LogP contribution in [0.4, 0.5) is 0 Å². The molecule has 0 spiro atoms. The summed E-state index contributed by atoms with van der Waals surface area (Å²) in [6.45, 7) is 7.72. The van der Waals surface area contributed by atoms with Crippen LogP contribution in [0.5, 0.6) is 0 Å². The molecule has 1 N–H and O–H groups in total. The summed E-state index contributed by atoms with van der Waals surface area (Å²) < 4.78 is 0. The zero-order valence-corrected chi connectivity index (χ0v) is 7.71. The van der Waals surface area contributed by atoms with Crippen molar-refractivity contribution in [3.8, 4) is 0 Å². The van der Waals surface area contributed by atoms with Crippen molar-refractivity contribution in [1.29, 1.82) is 0 Å². The van der Waals surface area contributed by atoms with E-state index in [-0.39, 0.29) is 6.10 Å². The van der Waals surface area contributed by atoms with E-state index >= 15 is 0 Å². The van der Waals surface area contributed by atoms with Crippen molar-refractivity contribution >= 4 is 0 Å². The van der Waals surface area contributed by atoms with Crippen LogP contribution < -0.4 is 0 Å². The zero-order valence-electron chi connectivity index (χ0n) is 7.71. The fourth-order valence-corrected chi connectivity index (χ4v) is 1.24. The summed E-state index contributed by atoms with van der Waals surface area (Å²) in [5, 5.41) is 9.32. The molecule has 66 valence electrons. The molecule has 0 amide bonds. The lowest BCUT2D eigenvalue weighted by molar-refractivity contribution is 0.120. The predicted molar refractivity (Wildman–Crippen MR) is 49.5 cm³/mol. The van der Waals surface area contributed by atoms with Crippen molar-refractivity contribution < 1.29 is 5.11 Å². The molecule has 0 saturated carbocycles. The van der Waals surface area contributed by atoms with Gasteiger partial charge < -0.3 is 5.11 Å². The van der Waals surface area contributed by atoms with Crippen molar-refractivity contribution in [3.05, 3.63) is 12.7 Å². The van der Waals surface area contributed by atoms with E-state index in [4.69, 9.17) is 0 Å². The number of rotatable bonds is 6. The molecule has 0 aliphatic heterocycles. The first kappa shape index (κ1) is 10.7. The first-order valence-corrected chi connectivity index (χ1v) is 4.51. The standard InChI is InChI=1S/C10H20O/c1-4-6-8-10(7-5-2)9(3)11/h5,9-11H,2,4,6-8H2,1,3H3. The summed E-state index contributed by atoms with van der Waals surface area (Å²) in [4.78, 5) is 0. The second-order valence-electron chi connectivity index (χ2n) is 3.17. The third kappa shape index (κ3) is 5.02. The highest BCUT2D eigenvalue weighted by atomic mass is 16.3. The molecule has 0 aliphatic rings. The summed E-state index contributed by atoms with van der Waals surface area (Å²) in [5.41, 5.74) is 0. The van der Waals surface area contributed by atoms with Crippen LogP contribution in [0.2, 0.25) is 0 Å². The van der Waals surface area contributed by atoms with Gasteiger partial charge in [0.1, 0.15) is 0 Å². The maximum Gasteiger partial charge on any atom is 0.0543 e. The molecule has 0 radical (unpaired) electrons. The Hall–Kier alpha value is -0.300. The van der Waals surface area contributed by atoms with Gasteiger partial charge in [-0.25, -0.2) is 0 Å². The molecule has 0 aromatic heterocycles. The summed E-state index contributed by atoms with van der Waals surface area (Å²) in [6, 6.07) is 0. The van der Waals surface area contributed by atoms with Crippen molar-refractivity contribution in [2.75, 3.05) is 0 Å². The molecule has 1 nitrogen and oxygen atoms in total. The fourth-order valence-electron chi connectivity index (χ4n) is 1.24. The van der Waals surface area contributed by atoms with E-state index in [1.54, 1.807) is 0 Å². The Kier molecular flexibility index (Phi) is 6.24. The summed E-state index contributed by atoms with van der Waals surface area (Å²) >= 11 is 0. The molecule has 2 unspecified atom stereocenters. The molecule has 0 fully saturated rings. The van der Waals surface area contributed by atoms with Crippen molar-refractivity contribution in [2.24, 2.45) is 5.92 Å². The summed E-state index contributed by atoms with van der Waals surface area (Å²) in [6.07, 6.45) is 6.20. The van der Waals surface area contributed by atoms with Crippen LogP contribution in [0.15, 0.2) is 12.7 Å². The monoisotopic (exact) mass is 156 g/mol. The first-order chi connectivity index (χ1) is 5.22. The minimum atomic E-state index is -0.181. The van der Waals surface area contributed by atoms with Crippen LogP contribution in [0.1, 0.15) is 39.5 Å². The first-order valence-electron chi connectivity index (χ1n) is 4.51. The SMILES string of the molecule is C=CCC(CCCC)C(C)O. The highest BCUT2D eigenvalue weighted by Gasteiger charge is 2.11. The topological polar surface area (TPSA) is 20.2 Å². The van der Waals surface area contributed by atoms with Gasteiger partial charge in [0.2, 0.25) is 0 Å². The molecule has 0 aliphatic carbocycles. The van der Waals surface area contributed by atoms with Gasteiger partial charge in [0.25, 0.3) is 0 Å². The third-order valence-corrected chi connectivity index (χ3v) is 2.08. The molecule has 0 saturated heterocycles. The van der Waals surface area contributed by atoms with Crippen LogP contribution in [0.3, 0.4) is 0 Å². The van der Waals surface area contributed by atoms with Gasteiger partial charge in [-0.3, -0.25) is 0 Å². The Morgan fingerprint density at radius 3 is 2.55 bits per heavy atom. The summed E-state index contributed by atoms with van der Waals surface area (Å²) in [7, 11) is 0. The molecule has 11 heavy (non-hydrogen) atoms.